The van der Waals surface area contributed by atoms with E-state index in [1.807, 2.05) is 0 Å². The molecule has 3 unspecified atom stereocenters. The average Bonchev–Trinajstić information content (AvgIpc) is 2.53. The molecule has 0 bridgehead atoms. The summed E-state index contributed by atoms with van der Waals surface area (Å²) in [5.41, 5.74) is 6.07. The Kier molecular flexibility index (Phi) is 6.60. The van der Waals surface area contributed by atoms with Gasteiger partial charge in [0.1, 0.15) is 0 Å². The van der Waals surface area contributed by atoms with Crippen LogP contribution in [-0.4, -0.2) is 55.4 Å². The summed E-state index contributed by atoms with van der Waals surface area (Å²) in [5, 5.41) is 9.64. The van der Waals surface area contributed by atoms with Crippen molar-refractivity contribution in [2.24, 2.45) is 11.7 Å². The molecule has 1 rings (SSSR count). The van der Waals surface area contributed by atoms with E-state index in [-0.39, 0.29) is 24.5 Å². The van der Waals surface area contributed by atoms with Crippen LogP contribution in [0, 0.1) is 5.92 Å². The molecule has 0 aliphatic heterocycles. The van der Waals surface area contributed by atoms with Crippen molar-refractivity contribution >= 4 is 5.91 Å². The van der Waals surface area contributed by atoms with Gasteiger partial charge < -0.3 is 20.5 Å². The average molecular weight is 258 g/mol. The molecule has 0 radical (unpaired) electrons. The lowest BCUT2D eigenvalue weighted by Crippen LogP contribution is -2.45. The first kappa shape index (κ1) is 15.4. The van der Waals surface area contributed by atoms with Crippen LogP contribution in [0.4, 0.5) is 0 Å². The van der Waals surface area contributed by atoms with E-state index in [2.05, 4.69) is 0 Å². The summed E-state index contributed by atoms with van der Waals surface area (Å²) in [6.45, 7) is 0.546. The topological polar surface area (TPSA) is 75.8 Å². The monoisotopic (exact) mass is 258 g/mol. The minimum absolute atomic E-state index is 0.0398. The molecule has 0 aromatic rings. The number of aliphatic hydroxyl groups is 1. The number of methoxy groups -OCH3 is 1. The van der Waals surface area contributed by atoms with E-state index < -0.39 is 6.10 Å². The zero-order chi connectivity index (χ0) is 13.5. The molecule has 0 spiro atoms. The van der Waals surface area contributed by atoms with E-state index in [9.17, 15) is 9.90 Å². The Morgan fingerprint density at radius 1 is 1.44 bits per heavy atom. The fourth-order valence-corrected chi connectivity index (χ4v) is 2.58. The fourth-order valence-electron chi connectivity index (χ4n) is 2.58. The van der Waals surface area contributed by atoms with E-state index >= 15 is 0 Å². The van der Waals surface area contributed by atoms with Crippen LogP contribution in [0.25, 0.3) is 0 Å². The molecular weight excluding hydrogens is 232 g/mol. The molecular formula is C13H26N2O3. The summed E-state index contributed by atoms with van der Waals surface area (Å²) in [5.74, 6) is -0.0354. The van der Waals surface area contributed by atoms with Gasteiger partial charge in [-0.3, -0.25) is 4.79 Å². The summed E-state index contributed by atoms with van der Waals surface area (Å²) in [4.78, 5) is 13.9. The Balaban J connectivity index is 2.50. The normalized spacial score (nSPS) is 26.4. The standard InChI is InChI=1S/C13H26N2O3/c1-15(8-10(16)9-18-2)13(17)11-6-4-3-5-7-12(11)14/h10-12,16H,3-9,14H2,1-2H3. The smallest absolute Gasteiger partial charge is 0.227 e. The molecule has 1 amide bonds. The molecule has 5 nitrogen and oxygen atoms in total. The van der Waals surface area contributed by atoms with Gasteiger partial charge in [0, 0.05) is 26.7 Å². The summed E-state index contributed by atoms with van der Waals surface area (Å²) in [6.07, 6.45) is 4.49. The molecule has 18 heavy (non-hydrogen) atoms. The van der Waals surface area contributed by atoms with E-state index in [1.165, 1.54) is 7.11 Å². The van der Waals surface area contributed by atoms with Gasteiger partial charge in [-0.25, -0.2) is 0 Å². The number of hydrogen-bond acceptors (Lipinski definition) is 4. The SMILES string of the molecule is COCC(O)CN(C)C(=O)C1CCCCCC1N. The van der Waals surface area contributed by atoms with Crippen LogP contribution < -0.4 is 5.73 Å². The number of likely N-dealkylation sites (N-methyl/N-ethyl adjacent to an activating group) is 1. The Morgan fingerprint density at radius 3 is 2.78 bits per heavy atom. The first-order valence-electron chi connectivity index (χ1n) is 6.73. The summed E-state index contributed by atoms with van der Waals surface area (Å²) in [6, 6.07) is -0.0398. The Bertz CT molecular complexity index is 261. The Labute approximate surface area is 109 Å². The fraction of sp³-hybridized carbons (Fsp3) is 0.923. The number of carbonyl (C=O) groups excluding carboxylic acids is 1. The number of nitrogens with zero attached hydrogens (tertiary/aromatic N) is 1. The minimum Gasteiger partial charge on any atom is -0.389 e. The number of carbonyl (C=O) groups is 1. The van der Waals surface area contributed by atoms with Gasteiger partial charge in [-0.2, -0.15) is 0 Å². The quantitative estimate of drug-likeness (QED) is 0.698. The molecule has 1 saturated carbocycles. The van der Waals surface area contributed by atoms with Gasteiger partial charge in [-0.1, -0.05) is 19.3 Å². The second-order valence-electron chi connectivity index (χ2n) is 5.24. The van der Waals surface area contributed by atoms with Crippen LogP contribution in [0.2, 0.25) is 0 Å². The summed E-state index contributed by atoms with van der Waals surface area (Å²) in [7, 11) is 3.26. The van der Waals surface area contributed by atoms with Crippen molar-refractivity contribution in [3.8, 4) is 0 Å². The van der Waals surface area contributed by atoms with E-state index in [1.54, 1.807) is 11.9 Å². The van der Waals surface area contributed by atoms with Crippen LogP contribution in [-0.2, 0) is 9.53 Å². The van der Waals surface area contributed by atoms with Crippen LogP contribution in [0.3, 0.4) is 0 Å². The lowest BCUT2D eigenvalue weighted by atomic mass is 9.94. The molecule has 0 heterocycles. The Hall–Kier alpha value is -0.650. The zero-order valence-corrected chi connectivity index (χ0v) is 11.5. The highest BCUT2D eigenvalue weighted by Gasteiger charge is 2.29. The third-order valence-electron chi connectivity index (χ3n) is 3.61. The third-order valence-corrected chi connectivity index (χ3v) is 3.61. The van der Waals surface area contributed by atoms with E-state index in [0.717, 1.165) is 32.1 Å². The second kappa shape index (κ2) is 7.71. The highest BCUT2D eigenvalue weighted by Crippen LogP contribution is 2.23. The first-order valence-corrected chi connectivity index (χ1v) is 6.73. The lowest BCUT2D eigenvalue weighted by Gasteiger charge is -2.27. The molecule has 3 atom stereocenters. The molecule has 1 aliphatic rings. The molecule has 1 fully saturated rings. The van der Waals surface area contributed by atoms with Gasteiger partial charge in [0.25, 0.3) is 0 Å². The minimum atomic E-state index is -0.633. The summed E-state index contributed by atoms with van der Waals surface area (Å²) >= 11 is 0. The van der Waals surface area contributed by atoms with Crippen LogP contribution in [0.5, 0.6) is 0 Å². The first-order chi connectivity index (χ1) is 8.56. The third kappa shape index (κ3) is 4.55. The molecule has 0 aromatic carbocycles. The highest BCUT2D eigenvalue weighted by molar-refractivity contribution is 5.79. The maximum atomic E-state index is 12.3. The van der Waals surface area contributed by atoms with Crippen molar-refractivity contribution in [2.45, 2.75) is 44.2 Å². The molecule has 5 heteroatoms. The van der Waals surface area contributed by atoms with Gasteiger partial charge >= 0.3 is 0 Å². The van der Waals surface area contributed by atoms with Crippen LogP contribution in [0.15, 0.2) is 0 Å². The van der Waals surface area contributed by atoms with Crippen molar-refractivity contribution in [1.29, 1.82) is 0 Å². The lowest BCUT2D eigenvalue weighted by molar-refractivity contribution is -0.136. The summed E-state index contributed by atoms with van der Waals surface area (Å²) < 4.78 is 4.86. The van der Waals surface area contributed by atoms with Gasteiger partial charge in [-0.05, 0) is 12.8 Å². The predicted molar refractivity (Wildman–Crippen MR) is 70.1 cm³/mol. The van der Waals surface area contributed by atoms with Crippen LogP contribution >= 0.6 is 0 Å². The number of nitrogens with two attached hydrogens (primary N) is 1. The van der Waals surface area contributed by atoms with Crippen molar-refractivity contribution < 1.29 is 14.6 Å². The predicted octanol–water partition coefficient (Wildman–Crippen LogP) is 0.360. The van der Waals surface area contributed by atoms with Gasteiger partial charge in [-0.15, -0.1) is 0 Å². The van der Waals surface area contributed by atoms with E-state index in [0.29, 0.717) is 6.54 Å². The number of amides is 1. The highest BCUT2D eigenvalue weighted by atomic mass is 16.5. The van der Waals surface area contributed by atoms with Gasteiger partial charge in [0.15, 0.2) is 0 Å². The zero-order valence-electron chi connectivity index (χ0n) is 11.5. The number of ether oxygens (including phenoxy) is 1. The molecule has 0 aromatic heterocycles. The second-order valence-corrected chi connectivity index (χ2v) is 5.24. The van der Waals surface area contributed by atoms with Crippen molar-refractivity contribution in [3.05, 3.63) is 0 Å². The largest absolute Gasteiger partial charge is 0.389 e. The van der Waals surface area contributed by atoms with Crippen LogP contribution in [0.1, 0.15) is 32.1 Å². The number of aliphatic hydroxyl groups excluding tert-OH is 1. The van der Waals surface area contributed by atoms with Crippen molar-refractivity contribution in [3.63, 3.8) is 0 Å². The Morgan fingerprint density at radius 2 is 2.11 bits per heavy atom. The molecule has 0 saturated heterocycles. The van der Waals surface area contributed by atoms with Crippen molar-refractivity contribution in [2.75, 3.05) is 27.3 Å². The number of rotatable bonds is 5. The maximum Gasteiger partial charge on any atom is 0.227 e. The molecule has 3 N–H and O–H groups in total. The maximum absolute atomic E-state index is 12.3. The van der Waals surface area contributed by atoms with Gasteiger partial charge in [0.05, 0.1) is 18.6 Å². The number of hydrogen-bond donors (Lipinski definition) is 2. The molecule has 1 aliphatic carbocycles. The van der Waals surface area contributed by atoms with E-state index in [4.69, 9.17) is 10.5 Å². The van der Waals surface area contributed by atoms with Crippen molar-refractivity contribution in [1.82, 2.24) is 4.90 Å². The molecule has 106 valence electrons. The van der Waals surface area contributed by atoms with Gasteiger partial charge in [0.2, 0.25) is 5.91 Å².